The number of methoxy groups -OCH3 is 1. The first-order valence-corrected chi connectivity index (χ1v) is 8.40. The molecule has 3 rings (SSSR count). The summed E-state index contributed by atoms with van der Waals surface area (Å²) in [4.78, 5) is 38.8. The molecule has 150 valence electrons. The lowest BCUT2D eigenvalue weighted by Crippen LogP contribution is -2.15. The molecule has 0 amide bonds. The molecule has 1 N–H and O–H groups in total. The van der Waals surface area contributed by atoms with Gasteiger partial charge in [0, 0.05) is 11.8 Å². The van der Waals surface area contributed by atoms with Crippen LogP contribution in [0.15, 0.2) is 51.9 Å². The average Bonchev–Trinajstić information content (AvgIpc) is 3.04. The van der Waals surface area contributed by atoms with Crippen molar-refractivity contribution in [2.75, 3.05) is 19.0 Å². The Morgan fingerprint density at radius 3 is 2.55 bits per heavy atom. The number of rotatable bonds is 7. The fourth-order valence-electron chi connectivity index (χ4n) is 2.45. The van der Waals surface area contributed by atoms with E-state index in [2.05, 4.69) is 10.3 Å². The third kappa shape index (κ3) is 4.08. The third-order valence-electron chi connectivity index (χ3n) is 3.80. The summed E-state index contributed by atoms with van der Waals surface area (Å²) in [5, 5.41) is 13.8. The van der Waals surface area contributed by atoms with E-state index in [0.29, 0.717) is 11.4 Å². The molecule has 0 atom stereocenters. The molecule has 0 spiro atoms. The summed E-state index contributed by atoms with van der Waals surface area (Å²) in [6, 6.07) is 9.18. The molecule has 0 aliphatic rings. The minimum atomic E-state index is -0.945. The molecule has 11 heteroatoms. The van der Waals surface area contributed by atoms with Crippen molar-refractivity contribution < 1.29 is 23.7 Å². The van der Waals surface area contributed by atoms with Crippen molar-refractivity contribution in [1.82, 2.24) is 9.72 Å². The Bertz CT molecular complexity index is 1080. The van der Waals surface area contributed by atoms with Crippen molar-refractivity contribution >= 4 is 23.2 Å². The fourth-order valence-corrected chi connectivity index (χ4v) is 2.45. The summed E-state index contributed by atoms with van der Waals surface area (Å²) in [6.45, 7) is 1.66. The first-order valence-electron chi connectivity index (χ1n) is 8.40. The highest BCUT2D eigenvalue weighted by atomic mass is 16.6. The van der Waals surface area contributed by atoms with Crippen LogP contribution in [-0.4, -0.2) is 34.3 Å². The molecule has 0 saturated carbocycles. The van der Waals surface area contributed by atoms with E-state index in [1.54, 1.807) is 31.2 Å². The molecule has 11 nitrogen and oxygen atoms in total. The first-order chi connectivity index (χ1) is 13.9. The molecular formula is C18H16N4O7. The van der Waals surface area contributed by atoms with Crippen molar-refractivity contribution in [3.8, 4) is 11.6 Å². The number of carbonyl (C=O) groups is 1. The SMILES string of the molecule is CCOC(=O)c1c(Nc2ccc(OC)cc2)n(-c2ccc([N+](=O)[O-])cn2)oc1=O. The Balaban J connectivity index is 2.09. The van der Waals surface area contributed by atoms with Gasteiger partial charge in [0.25, 0.3) is 5.69 Å². The predicted octanol–water partition coefficient (Wildman–Crippen LogP) is 2.66. The van der Waals surface area contributed by atoms with Gasteiger partial charge in [-0.15, -0.1) is 4.74 Å². The molecule has 0 aliphatic heterocycles. The van der Waals surface area contributed by atoms with Crippen LogP contribution in [0, 0.1) is 10.1 Å². The minimum absolute atomic E-state index is 0.0278. The smallest absolute Gasteiger partial charge is 0.374 e. The zero-order valence-electron chi connectivity index (χ0n) is 15.4. The van der Waals surface area contributed by atoms with Crippen LogP contribution in [0.4, 0.5) is 17.2 Å². The van der Waals surface area contributed by atoms with Gasteiger partial charge < -0.3 is 19.3 Å². The molecule has 0 unspecified atom stereocenters. The maximum atomic E-state index is 12.3. The normalized spacial score (nSPS) is 10.4. The zero-order valence-corrected chi connectivity index (χ0v) is 15.4. The second-order valence-electron chi connectivity index (χ2n) is 5.60. The van der Waals surface area contributed by atoms with Crippen LogP contribution in [0.5, 0.6) is 5.75 Å². The number of anilines is 2. The Kier molecular flexibility index (Phi) is 5.58. The second-order valence-corrected chi connectivity index (χ2v) is 5.60. The van der Waals surface area contributed by atoms with Crippen LogP contribution in [0.25, 0.3) is 5.82 Å². The average molecular weight is 400 g/mol. The molecule has 1 aromatic carbocycles. The van der Waals surface area contributed by atoms with Crippen molar-refractivity contribution in [2.24, 2.45) is 0 Å². The lowest BCUT2D eigenvalue weighted by Gasteiger charge is -2.10. The molecule has 2 aromatic heterocycles. The monoisotopic (exact) mass is 400 g/mol. The Hall–Kier alpha value is -4.15. The highest BCUT2D eigenvalue weighted by molar-refractivity contribution is 5.95. The number of carbonyl (C=O) groups excluding carboxylic acids is 1. The molecule has 0 fully saturated rings. The molecule has 2 heterocycles. The van der Waals surface area contributed by atoms with Gasteiger partial charge >= 0.3 is 11.6 Å². The number of benzene rings is 1. The molecular weight excluding hydrogens is 384 g/mol. The topological polar surface area (TPSA) is 139 Å². The minimum Gasteiger partial charge on any atom is -0.497 e. The number of hydrogen-bond donors (Lipinski definition) is 1. The van der Waals surface area contributed by atoms with Crippen molar-refractivity contribution in [2.45, 2.75) is 6.92 Å². The van der Waals surface area contributed by atoms with Crippen molar-refractivity contribution in [1.29, 1.82) is 0 Å². The third-order valence-corrected chi connectivity index (χ3v) is 3.80. The van der Waals surface area contributed by atoms with Crippen LogP contribution in [0.2, 0.25) is 0 Å². The number of nitrogens with zero attached hydrogens (tertiary/aromatic N) is 3. The van der Waals surface area contributed by atoms with Gasteiger partial charge in [-0.2, -0.15) is 0 Å². The van der Waals surface area contributed by atoms with E-state index in [1.807, 2.05) is 0 Å². The molecule has 0 bridgehead atoms. The molecule has 29 heavy (non-hydrogen) atoms. The fraction of sp³-hybridized carbons (Fsp3) is 0.167. The van der Waals surface area contributed by atoms with Crippen LogP contribution >= 0.6 is 0 Å². The van der Waals surface area contributed by atoms with Crippen LogP contribution in [-0.2, 0) is 4.74 Å². The van der Waals surface area contributed by atoms with Gasteiger partial charge in [0.05, 0.1) is 18.6 Å². The number of nitro groups is 1. The van der Waals surface area contributed by atoms with E-state index in [4.69, 9.17) is 14.0 Å². The van der Waals surface area contributed by atoms with Gasteiger partial charge in [0.1, 0.15) is 11.9 Å². The predicted molar refractivity (Wildman–Crippen MR) is 101 cm³/mol. The lowest BCUT2D eigenvalue weighted by molar-refractivity contribution is -0.385. The number of nitrogens with one attached hydrogen (secondary N) is 1. The van der Waals surface area contributed by atoms with Crippen LogP contribution in [0.3, 0.4) is 0 Å². The summed E-state index contributed by atoms with van der Waals surface area (Å²) in [7, 11) is 1.52. The van der Waals surface area contributed by atoms with E-state index in [1.165, 1.54) is 19.2 Å². The first kappa shape index (κ1) is 19.6. The van der Waals surface area contributed by atoms with Crippen LogP contribution < -0.4 is 15.7 Å². The van der Waals surface area contributed by atoms with Crippen molar-refractivity contribution in [3.05, 3.63) is 68.7 Å². The molecule has 0 radical (unpaired) electrons. The summed E-state index contributed by atoms with van der Waals surface area (Å²) in [6.07, 6.45) is 1.01. The van der Waals surface area contributed by atoms with Gasteiger partial charge in [0.15, 0.2) is 17.2 Å². The molecule has 0 saturated heterocycles. The summed E-state index contributed by atoms with van der Waals surface area (Å²) in [5.41, 5.74) is -1.02. The maximum absolute atomic E-state index is 12.3. The Morgan fingerprint density at radius 1 is 1.28 bits per heavy atom. The molecule has 0 aliphatic carbocycles. The largest absolute Gasteiger partial charge is 0.497 e. The van der Waals surface area contributed by atoms with E-state index in [0.717, 1.165) is 10.9 Å². The second kappa shape index (κ2) is 8.25. The Labute approximate surface area is 163 Å². The van der Waals surface area contributed by atoms with Gasteiger partial charge in [-0.25, -0.2) is 14.6 Å². The summed E-state index contributed by atoms with van der Waals surface area (Å²) >= 11 is 0. The highest BCUT2D eigenvalue weighted by Crippen LogP contribution is 2.25. The quantitative estimate of drug-likeness (QED) is 0.360. The zero-order chi connectivity index (χ0) is 21.0. The van der Waals surface area contributed by atoms with Gasteiger partial charge in [-0.3, -0.25) is 10.1 Å². The van der Waals surface area contributed by atoms with Crippen LogP contribution in [0.1, 0.15) is 17.3 Å². The maximum Gasteiger partial charge on any atom is 0.374 e. The van der Waals surface area contributed by atoms with Gasteiger partial charge in [-0.1, -0.05) is 0 Å². The van der Waals surface area contributed by atoms with Crippen molar-refractivity contribution in [3.63, 3.8) is 0 Å². The van der Waals surface area contributed by atoms with E-state index >= 15 is 0 Å². The van der Waals surface area contributed by atoms with Gasteiger partial charge in [0.2, 0.25) is 0 Å². The number of esters is 1. The number of ether oxygens (including phenoxy) is 2. The standard InChI is InChI=1S/C18H16N4O7/c1-3-28-17(23)15-16(20-11-4-7-13(27-2)8-5-11)21(29-18(15)24)14-9-6-12(10-19-14)22(25)26/h4-10,20H,3H2,1-2H3. The number of aromatic nitrogens is 2. The van der Waals surface area contributed by atoms with E-state index < -0.39 is 16.5 Å². The number of hydrogen-bond acceptors (Lipinski definition) is 9. The lowest BCUT2D eigenvalue weighted by atomic mass is 10.2. The highest BCUT2D eigenvalue weighted by Gasteiger charge is 2.27. The molecule has 3 aromatic rings. The number of pyridine rings is 1. The van der Waals surface area contributed by atoms with E-state index in [-0.39, 0.29) is 29.5 Å². The summed E-state index contributed by atoms with van der Waals surface area (Å²) in [5.74, 6) is -0.236. The Morgan fingerprint density at radius 2 is 2.00 bits per heavy atom. The van der Waals surface area contributed by atoms with E-state index in [9.17, 15) is 19.7 Å². The van der Waals surface area contributed by atoms with Gasteiger partial charge in [-0.05, 0) is 37.3 Å². The summed E-state index contributed by atoms with van der Waals surface area (Å²) < 4.78 is 16.2.